The molecule has 4 nitrogen and oxygen atoms in total. The Kier molecular flexibility index (Phi) is 4.77. The maximum absolute atomic E-state index is 9.54. The number of hydrogen-bond donors (Lipinski definition) is 1. The zero-order valence-corrected chi connectivity index (χ0v) is 12.3. The Morgan fingerprint density at radius 2 is 2.00 bits per heavy atom. The van der Waals surface area contributed by atoms with Crippen LogP contribution in [-0.2, 0) is 6.61 Å². The van der Waals surface area contributed by atoms with Crippen LogP contribution in [0.25, 0.3) is 0 Å². The van der Waals surface area contributed by atoms with Gasteiger partial charge in [-0.15, -0.1) is 0 Å². The van der Waals surface area contributed by atoms with E-state index in [4.69, 9.17) is 0 Å². The normalized spacial score (nSPS) is 16.0. The van der Waals surface area contributed by atoms with E-state index in [1.54, 1.807) is 0 Å². The average Bonchev–Trinajstić information content (AvgIpc) is 2.88. The summed E-state index contributed by atoms with van der Waals surface area (Å²) >= 11 is 0. The van der Waals surface area contributed by atoms with Crippen LogP contribution in [0, 0.1) is 13.8 Å². The molecule has 2 heterocycles. The lowest BCUT2D eigenvalue weighted by Crippen LogP contribution is -2.32. The molecule has 106 valence electrons. The van der Waals surface area contributed by atoms with Crippen molar-refractivity contribution in [3.8, 4) is 0 Å². The zero-order chi connectivity index (χ0) is 13.8. The van der Waals surface area contributed by atoms with Crippen LogP contribution >= 0.6 is 0 Å². The number of likely N-dealkylation sites (tertiary alicyclic amines) is 1. The summed E-state index contributed by atoms with van der Waals surface area (Å²) < 4.78 is 0. The monoisotopic (exact) mass is 263 g/mol. The van der Waals surface area contributed by atoms with Crippen LogP contribution in [0.3, 0.4) is 0 Å². The standard InChI is InChI=1S/C15H25N3O/c1-12-10-13(2)16-15(14(12)11-19)17(3)8-9-18-6-4-5-7-18/h10,19H,4-9,11H2,1-3H3. The summed E-state index contributed by atoms with van der Waals surface area (Å²) in [5.41, 5.74) is 3.09. The van der Waals surface area contributed by atoms with Crippen molar-refractivity contribution < 1.29 is 5.11 Å². The molecule has 1 aromatic heterocycles. The van der Waals surface area contributed by atoms with Crippen LogP contribution in [0.4, 0.5) is 5.82 Å². The minimum atomic E-state index is 0.0580. The summed E-state index contributed by atoms with van der Waals surface area (Å²) in [7, 11) is 2.07. The summed E-state index contributed by atoms with van der Waals surface area (Å²) in [5.74, 6) is 0.930. The highest BCUT2D eigenvalue weighted by Gasteiger charge is 2.15. The molecule has 0 amide bonds. The first-order valence-corrected chi connectivity index (χ1v) is 7.13. The third kappa shape index (κ3) is 3.45. The first-order chi connectivity index (χ1) is 9.11. The van der Waals surface area contributed by atoms with Crippen molar-refractivity contribution >= 4 is 5.82 Å². The van der Waals surface area contributed by atoms with E-state index in [0.717, 1.165) is 35.7 Å². The van der Waals surface area contributed by atoms with Crippen LogP contribution < -0.4 is 4.90 Å². The molecule has 0 saturated carbocycles. The van der Waals surface area contributed by atoms with Gasteiger partial charge in [-0.25, -0.2) is 4.98 Å². The summed E-state index contributed by atoms with van der Waals surface area (Å²) in [6, 6.07) is 2.03. The van der Waals surface area contributed by atoms with E-state index in [0.29, 0.717) is 0 Å². The molecule has 1 saturated heterocycles. The van der Waals surface area contributed by atoms with Gasteiger partial charge in [0.2, 0.25) is 0 Å². The molecule has 0 aliphatic carbocycles. The summed E-state index contributed by atoms with van der Waals surface area (Å²) in [6.45, 7) is 8.59. The van der Waals surface area contributed by atoms with Crippen LogP contribution in [0.15, 0.2) is 6.07 Å². The second-order valence-electron chi connectivity index (χ2n) is 5.51. The van der Waals surface area contributed by atoms with Gasteiger partial charge in [0.15, 0.2) is 0 Å². The van der Waals surface area contributed by atoms with Gasteiger partial charge >= 0.3 is 0 Å². The quantitative estimate of drug-likeness (QED) is 0.878. The third-order valence-corrected chi connectivity index (χ3v) is 3.92. The third-order valence-electron chi connectivity index (χ3n) is 3.92. The molecule has 2 rings (SSSR count). The Hall–Kier alpha value is -1.13. The highest BCUT2D eigenvalue weighted by atomic mass is 16.3. The van der Waals surface area contributed by atoms with Gasteiger partial charge in [-0.3, -0.25) is 0 Å². The first kappa shape index (κ1) is 14.3. The van der Waals surface area contributed by atoms with Gasteiger partial charge in [0.1, 0.15) is 5.82 Å². The van der Waals surface area contributed by atoms with E-state index in [1.807, 2.05) is 19.9 Å². The molecule has 0 radical (unpaired) electrons. The minimum absolute atomic E-state index is 0.0580. The summed E-state index contributed by atoms with van der Waals surface area (Å²) in [4.78, 5) is 9.27. The SMILES string of the molecule is Cc1cc(C)c(CO)c(N(C)CCN2CCCC2)n1. The molecule has 0 spiro atoms. The van der Waals surface area contributed by atoms with Crippen molar-refractivity contribution in [3.05, 3.63) is 22.9 Å². The van der Waals surface area contributed by atoms with Crippen LogP contribution in [0.2, 0.25) is 0 Å². The average molecular weight is 263 g/mol. The molecule has 1 aliphatic rings. The lowest BCUT2D eigenvalue weighted by Gasteiger charge is -2.25. The fourth-order valence-electron chi connectivity index (χ4n) is 2.76. The molecular weight excluding hydrogens is 238 g/mol. The number of aryl methyl sites for hydroxylation is 2. The summed E-state index contributed by atoms with van der Waals surface area (Å²) in [5, 5.41) is 9.54. The molecule has 1 N–H and O–H groups in total. The van der Waals surface area contributed by atoms with Crippen LogP contribution in [0.5, 0.6) is 0 Å². The number of aromatic nitrogens is 1. The Morgan fingerprint density at radius 1 is 1.32 bits per heavy atom. The number of aliphatic hydroxyl groups is 1. The van der Waals surface area contributed by atoms with Crippen molar-refractivity contribution in [2.24, 2.45) is 0 Å². The number of hydrogen-bond acceptors (Lipinski definition) is 4. The Balaban J connectivity index is 2.06. The van der Waals surface area contributed by atoms with Crippen LogP contribution in [-0.4, -0.2) is 48.2 Å². The second kappa shape index (κ2) is 6.35. The molecule has 1 aromatic rings. The minimum Gasteiger partial charge on any atom is -0.392 e. The highest BCUT2D eigenvalue weighted by Crippen LogP contribution is 2.21. The topological polar surface area (TPSA) is 39.6 Å². The maximum Gasteiger partial charge on any atom is 0.134 e. The van der Waals surface area contributed by atoms with Crippen molar-refractivity contribution in [2.45, 2.75) is 33.3 Å². The van der Waals surface area contributed by atoms with E-state index in [9.17, 15) is 5.11 Å². The molecule has 1 fully saturated rings. The number of likely N-dealkylation sites (N-methyl/N-ethyl adjacent to an activating group) is 1. The summed E-state index contributed by atoms with van der Waals surface area (Å²) in [6.07, 6.45) is 2.65. The fourth-order valence-corrected chi connectivity index (χ4v) is 2.76. The molecule has 19 heavy (non-hydrogen) atoms. The van der Waals surface area contributed by atoms with E-state index >= 15 is 0 Å². The molecule has 4 heteroatoms. The zero-order valence-electron chi connectivity index (χ0n) is 12.3. The van der Waals surface area contributed by atoms with E-state index < -0.39 is 0 Å². The van der Waals surface area contributed by atoms with Gasteiger partial charge in [0.25, 0.3) is 0 Å². The van der Waals surface area contributed by atoms with Gasteiger partial charge in [-0.1, -0.05) is 0 Å². The highest BCUT2D eigenvalue weighted by molar-refractivity contribution is 5.50. The number of anilines is 1. The van der Waals surface area contributed by atoms with Gasteiger partial charge < -0.3 is 14.9 Å². The molecular formula is C15H25N3O. The fraction of sp³-hybridized carbons (Fsp3) is 0.667. The van der Waals surface area contributed by atoms with Crippen molar-refractivity contribution in [1.29, 1.82) is 0 Å². The maximum atomic E-state index is 9.54. The Bertz CT molecular complexity index is 428. The Morgan fingerprint density at radius 3 is 2.63 bits per heavy atom. The van der Waals surface area contributed by atoms with E-state index in [1.165, 1.54) is 25.9 Å². The lowest BCUT2D eigenvalue weighted by molar-refractivity contribution is 0.280. The van der Waals surface area contributed by atoms with Crippen LogP contribution in [0.1, 0.15) is 29.7 Å². The van der Waals surface area contributed by atoms with Gasteiger partial charge in [-0.2, -0.15) is 0 Å². The second-order valence-corrected chi connectivity index (χ2v) is 5.51. The van der Waals surface area contributed by atoms with Gasteiger partial charge in [0.05, 0.1) is 6.61 Å². The predicted octanol–water partition coefficient (Wildman–Crippen LogP) is 1.72. The largest absolute Gasteiger partial charge is 0.392 e. The number of aliphatic hydroxyl groups excluding tert-OH is 1. The molecule has 0 unspecified atom stereocenters. The number of nitrogens with zero attached hydrogens (tertiary/aromatic N) is 3. The number of rotatable bonds is 5. The van der Waals surface area contributed by atoms with Crippen molar-refractivity contribution in [2.75, 3.05) is 38.1 Å². The van der Waals surface area contributed by atoms with Gasteiger partial charge in [-0.05, 0) is 51.4 Å². The van der Waals surface area contributed by atoms with Crippen molar-refractivity contribution in [3.63, 3.8) is 0 Å². The molecule has 0 bridgehead atoms. The van der Waals surface area contributed by atoms with E-state index in [-0.39, 0.29) is 6.61 Å². The molecule has 0 aromatic carbocycles. The van der Waals surface area contributed by atoms with Gasteiger partial charge in [0, 0.05) is 31.4 Å². The van der Waals surface area contributed by atoms with Crippen molar-refractivity contribution in [1.82, 2.24) is 9.88 Å². The molecule has 0 atom stereocenters. The Labute approximate surface area is 116 Å². The predicted molar refractivity (Wildman–Crippen MR) is 78.6 cm³/mol. The lowest BCUT2D eigenvalue weighted by atomic mass is 10.1. The first-order valence-electron chi connectivity index (χ1n) is 7.13. The molecule has 1 aliphatic heterocycles. The smallest absolute Gasteiger partial charge is 0.134 e. The van der Waals surface area contributed by atoms with E-state index in [2.05, 4.69) is 21.8 Å². The number of pyridine rings is 1.